The lowest BCUT2D eigenvalue weighted by molar-refractivity contribution is 0.354. The van der Waals surface area contributed by atoms with Gasteiger partial charge in [0.15, 0.2) is 11.5 Å². The predicted octanol–water partition coefficient (Wildman–Crippen LogP) is 4.80. The number of benzene rings is 2. The summed E-state index contributed by atoms with van der Waals surface area (Å²) in [7, 11) is 4.84. The highest BCUT2D eigenvalue weighted by Gasteiger charge is 2.18. The molecule has 0 amide bonds. The lowest BCUT2D eigenvalue weighted by Crippen LogP contribution is -1.98. The summed E-state index contributed by atoms with van der Waals surface area (Å²) in [4.78, 5) is 0. The molecule has 2 rings (SSSR count). The van der Waals surface area contributed by atoms with Crippen LogP contribution in [0, 0.1) is 0 Å². The molecule has 0 spiro atoms. The van der Waals surface area contributed by atoms with Crippen molar-refractivity contribution in [3.8, 4) is 17.2 Å². The van der Waals surface area contributed by atoms with Crippen molar-refractivity contribution < 1.29 is 14.2 Å². The number of methoxy groups -OCH3 is 3. The van der Waals surface area contributed by atoms with Gasteiger partial charge in [-0.2, -0.15) is 0 Å². The smallest absolute Gasteiger partial charge is 0.161 e. The number of rotatable bonds is 5. The van der Waals surface area contributed by atoms with Crippen LogP contribution in [0.2, 0.25) is 0 Å². The van der Waals surface area contributed by atoms with Crippen molar-refractivity contribution in [2.24, 2.45) is 0 Å². The zero-order chi connectivity index (χ0) is 15.4. The minimum absolute atomic E-state index is 0.325. The van der Waals surface area contributed by atoms with E-state index in [9.17, 15) is 0 Å². The Morgan fingerprint density at radius 2 is 1.62 bits per heavy atom. The molecule has 0 aliphatic rings. The molecule has 2 aromatic rings. The van der Waals surface area contributed by atoms with Crippen molar-refractivity contribution in [1.29, 1.82) is 0 Å². The topological polar surface area (TPSA) is 27.7 Å². The van der Waals surface area contributed by atoms with E-state index in [0.717, 1.165) is 21.3 Å². The zero-order valence-electron chi connectivity index (χ0n) is 12.0. The molecule has 0 aromatic heterocycles. The summed E-state index contributed by atoms with van der Waals surface area (Å²) in [5.74, 6) is 2.07. The third kappa shape index (κ3) is 3.44. The molecule has 0 bridgehead atoms. The van der Waals surface area contributed by atoms with Crippen molar-refractivity contribution in [3.63, 3.8) is 0 Å². The van der Waals surface area contributed by atoms with Gasteiger partial charge in [-0.3, -0.25) is 0 Å². The number of ether oxygens (including phenoxy) is 3. The van der Waals surface area contributed by atoms with E-state index in [2.05, 4.69) is 15.9 Å². The van der Waals surface area contributed by atoms with Crippen LogP contribution < -0.4 is 14.2 Å². The van der Waals surface area contributed by atoms with E-state index in [1.807, 2.05) is 36.4 Å². The van der Waals surface area contributed by atoms with Gasteiger partial charge in [0, 0.05) is 4.47 Å². The Bertz CT molecular complexity index is 631. The third-order valence-corrected chi connectivity index (χ3v) is 4.34. The summed E-state index contributed by atoms with van der Waals surface area (Å²) in [6.45, 7) is 0. The van der Waals surface area contributed by atoms with E-state index in [4.69, 9.17) is 25.8 Å². The van der Waals surface area contributed by atoms with Crippen molar-refractivity contribution >= 4 is 27.5 Å². The van der Waals surface area contributed by atoms with E-state index in [0.29, 0.717) is 11.5 Å². The van der Waals surface area contributed by atoms with E-state index in [1.165, 1.54) is 0 Å². The first-order chi connectivity index (χ1) is 10.1. The van der Waals surface area contributed by atoms with Crippen LogP contribution in [0.4, 0.5) is 0 Å². The van der Waals surface area contributed by atoms with Crippen molar-refractivity contribution in [2.45, 2.75) is 5.38 Å². The summed E-state index contributed by atoms with van der Waals surface area (Å²) in [6, 6.07) is 11.4. The molecule has 0 heterocycles. The molecule has 1 unspecified atom stereocenters. The van der Waals surface area contributed by atoms with Gasteiger partial charge in [-0.1, -0.05) is 28.1 Å². The van der Waals surface area contributed by atoms with Gasteiger partial charge in [0.25, 0.3) is 0 Å². The molecule has 1 atom stereocenters. The molecule has 0 radical (unpaired) electrons. The quantitative estimate of drug-likeness (QED) is 0.706. The average Bonchev–Trinajstić information content (AvgIpc) is 2.53. The van der Waals surface area contributed by atoms with Crippen LogP contribution in [0.15, 0.2) is 40.9 Å². The molecule has 112 valence electrons. The molecular weight excluding hydrogens is 356 g/mol. The molecule has 0 saturated heterocycles. The fourth-order valence-corrected chi connectivity index (χ4v) is 3.04. The Labute approximate surface area is 137 Å². The standard InChI is InChI=1S/C16H16BrClO3/c1-19-11-6-4-5-10(7-11)16(18)12-8-14(20-2)15(21-3)9-13(12)17/h4-9,16H,1-3H3. The van der Waals surface area contributed by atoms with Crippen LogP contribution in [0.25, 0.3) is 0 Å². The molecule has 0 fully saturated rings. The second kappa shape index (κ2) is 7.05. The predicted molar refractivity (Wildman–Crippen MR) is 87.9 cm³/mol. The van der Waals surface area contributed by atoms with Gasteiger partial charge in [0.05, 0.1) is 26.7 Å². The lowest BCUT2D eigenvalue weighted by atomic mass is 10.0. The largest absolute Gasteiger partial charge is 0.497 e. The van der Waals surface area contributed by atoms with E-state index in [-0.39, 0.29) is 5.38 Å². The van der Waals surface area contributed by atoms with Crippen LogP contribution in [0.1, 0.15) is 16.5 Å². The Morgan fingerprint density at radius 1 is 0.952 bits per heavy atom. The van der Waals surface area contributed by atoms with Crippen molar-refractivity contribution in [3.05, 3.63) is 52.0 Å². The maximum atomic E-state index is 6.61. The lowest BCUT2D eigenvalue weighted by Gasteiger charge is -2.16. The number of alkyl halides is 1. The second-order valence-corrected chi connectivity index (χ2v) is 5.66. The van der Waals surface area contributed by atoms with Gasteiger partial charge in [0.1, 0.15) is 5.75 Å². The highest BCUT2D eigenvalue weighted by molar-refractivity contribution is 9.10. The molecule has 0 aliphatic heterocycles. The zero-order valence-corrected chi connectivity index (χ0v) is 14.4. The molecule has 5 heteroatoms. The molecule has 21 heavy (non-hydrogen) atoms. The molecule has 0 aliphatic carbocycles. The minimum Gasteiger partial charge on any atom is -0.497 e. The highest BCUT2D eigenvalue weighted by atomic mass is 79.9. The summed E-state index contributed by atoms with van der Waals surface area (Å²) in [5.41, 5.74) is 1.85. The van der Waals surface area contributed by atoms with Gasteiger partial charge in [-0.05, 0) is 35.4 Å². The van der Waals surface area contributed by atoms with Crippen LogP contribution in [0.5, 0.6) is 17.2 Å². The number of halogens is 2. The Kier molecular flexibility index (Phi) is 5.37. The molecule has 0 N–H and O–H groups in total. The second-order valence-electron chi connectivity index (χ2n) is 4.37. The van der Waals surface area contributed by atoms with Gasteiger partial charge in [0.2, 0.25) is 0 Å². The van der Waals surface area contributed by atoms with Crippen LogP contribution in [0.3, 0.4) is 0 Å². The third-order valence-electron chi connectivity index (χ3n) is 3.16. The van der Waals surface area contributed by atoms with E-state index < -0.39 is 0 Å². The SMILES string of the molecule is COc1cccc(C(Cl)c2cc(OC)c(OC)cc2Br)c1. The van der Waals surface area contributed by atoms with E-state index in [1.54, 1.807) is 21.3 Å². The van der Waals surface area contributed by atoms with Crippen molar-refractivity contribution in [1.82, 2.24) is 0 Å². The minimum atomic E-state index is -0.325. The average molecular weight is 372 g/mol. The molecular formula is C16H16BrClO3. The monoisotopic (exact) mass is 370 g/mol. The summed E-state index contributed by atoms with van der Waals surface area (Å²) >= 11 is 10.1. The molecule has 3 nitrogen and oxygen atoms in total. The molecule has 2 aromatic carbocycles. The summed E-state index contributed by atoms with van der Waals surface area (Å²) in [5, 5.41) is -0.325. The van der Waals surface area contributed by atoms with Gasteiger partial charge in [-0.25, -0.2) is 0 Å². The summed E-state index contributed by atoms with van der Waals surface area (Å²) < 4.78 is 16.7. The van der Waals surface area contributed by atoms with Gasteiger partial charge >= 0.3 is 0 Å². The maximum absolute atomic E-state index is 6.61. The first-order valence-electron chi connectivity index (χ1n) is 6.30. The fraction of sp³-hybridized carbons (Fsp3) is 0.250. The fourth-order valence-electron chi connectivity index (χ4n) is 2.04. The molecule has 0 saturated carbocycles. The van der Waals surface area contributed by atoms with Gasteiger partial charge < -0.3 is 14.2 Å². The van der Waals surface area contributed by atoms with Gasteiger partial charge in [-0.15, -0.1) is 11.6 Å². The summed E-state index contributed by atoms with van der Waals surface area (Å²) in [6.07, 6.45) is 0. The number of hydrogen-bond acceptors (Lipinski definition) is 3. The van der Waals surface area contributed by atoms with Crippen LogP contribution in [-0.4, -0.2) is 21.3 Å². The van der Waals surface area contributed by atoms with Crippen LogP contribution >= 0.6 is 27.5 Å². The first kappa shape index (κ1) is 16.0. The highest BCUT2D eigenvalue weighted by Crippen LogP contribution is 2.41. The van der Waals surface area contributed by atoms with Crippen molar-refractivity contribution in [2.75, 3.05) is 21.3 Å². The Morgan fingerprint density at radius 3 is 2.24 bits per heavy atom. The Balaban J connectivity index is 2.44. The number of hydrogen-bond donors (Lipinski definition) is 0. The Hall–Kier alpha value is -1.39. The normalized spacial score (nSPS) is 11.9. The van der Waals surface area contributed by atoms with E-state index >= 15 is 0 Å². The maximum Gasteiger partial charge on any atom is 0.161 e. The first-order valence-corrected chi connectivity index (χ1v) is 7.53. The van der Waals surface area contributed by atoms with Crippen LogP contribution in [-0.2, 0) is 0 Å².